The van der Waals surface area contributed by atoms with E-state index in [0.29, 0.717) is 23.8 Å². The van der Waals surface area contributed by atoms with E-state index in [1.807, 2.05) is 12.1 Å². The molecule has 1 fully saturated rings. The van der Waals surface area contributed by atoms with Gasteiger partial charge in [0, 0.05) is 12.1 Å². The van der Waals surface area contributed by atoms with Gasteiger partial charge < -0.3 is 10.8 Å². The quantitative estimate of drug-likeness (QED) is 0.877. The Labute approximate surface area is 116 Å². The van der Waals surface area contributed by atoms with Crippen LogP contribution in [0, 0.1) is 5.92 Å². The lowest BCUT2D eigenvalue weighted by atomic mass is 9.89. The molecule has 3 heteroatoms. The van der Waals surface area contributed by atoms with E-state index in [9.17, 15) is 5.11 Å². The summed E-state index contributed by atoms with van der Waals surface area (Å²) < 4.78 is 0. The van der Waals surface area contributed by atoms with E-state index in [0.717, 1.165) is 19.5 Å². The van der Waals surface area contributed by atoms with E-state index in [1.165, 1.54) is 18.4 Å². The lowest BCUT2D eigenvalue weighted by molar-refractivity contribution is 0.121. The fraction of sp³-hybridized carbons (Fsp3) is 0.625. The van der Waals surface area contributed by atoms with E-state index < -0.39 is 0 Å². The molecule has 106 valence electrons. The monoisotopic (exact) mass is 262 g/mol. The number of phenols is 1. The van der Waals surface area contributed by atoms with Gasteiger partial charge in [-0.05, 0) is 62.9 Å². The van der Waals surface area contributed by atoms with E-state index in [-0.39, 0.29) is 0 Å². The van der Waals surface area contributed by atoms with Crippen LogP contribution in [0.3, 0.4) is 0 Å². The van der Waals surface area contributed by atoms with Gasteiger partial charge in [0.05, 0.1) is 0 Å². The van der Waals surface area contributed by atoms with Crippen molar-refractivity contribution in [1.82, 2.24) is 4.90 Å². The van der Waals surface area contributed by atoms with Crippen molar-refractivity contribution < 1.29 is 5.11 Å². The molecule has 1 aliphatic rings. The van der Waals surface area contributed by atoms with Crippen molar-refractivity contribution in [2.24, 2.45) is 11.7 Å². The molecule has 0 bridgehead atoms. The van der Waals surface area contributed by atoms with Gasteiger partial charge in [0.2, 0.25) is 0 Å². The van der Waals surface area contributed by atoms with Crippen molar-refractivity contribution in [3.8, 4) is 5.75 Å². The standard InChI is InChI=1S/C16H26N2O/c1-3-16(14-4-6-15(19)7-5-14)18-10-8-13(9-11-18)12(2)17/h4-7,12-13,16,19H,3,8-11,17H2,1-2H3. The van der Waals surface area contributed by atoms with Gasteiger partial charge >= 0.3 is 0 Å². The Morgan fingerprint density at radius 1 is 1.26 bits per heavy atom. The van der Waals surface area contributed by atoms with Crippen LogP contribution in [0.4, 0.5) is 0 Å². The zero-order chi connectivity index (χ0) is 13.8. The molecule has 1 aromatic rings. The highest BCUT2D eigenvalue weighted by Crippen LogP contribution is 2.30. The van der Waals surface area contributed by atoms with E-state index >= 15 is 0 Å². The Morgan fingerprint density at radius 2 is 1.84 bits per heavy atom. The van der Waals surface area contributed by atoms with Crippen LogP contribution in [0.25, 0.3) is 0 Å². The molecular weight excluding hydrogens is 236 g/mol. The summed E-state index contributed by atoms with van der Waals surface area (Å²) in [7, 11) is 0. The fourth-order valence-electron chi connectivity index (χ4n) is 3.16. The molecule has 0 spiro atoms. The van der Waals surface area contributed by atoms with E-state index in [4.69, 9.17) is 5.73 Å². The first-order chi connectivity index (χ1) is 9.11. The Morgan fingerprint density at radius 3 is 2.32 bits per heavy atom. The lowest BCUT2D eigenvalue weighted by Gasteiger charge is -2.38. The van der Waals surface area contributed by atoms with Crippen molar-refractivity contribution in [1.29, 1.82) is 0 Å². The largest absolute Gasteiger partial charge is 0.508 e. The van der Waals surface area contributed by atoms with Crippen LogP contribution in [0.15, 0.2) is 24.3 Å². The Balaban J connectivity index is 2.01. The minimum atomic E-state index is 0.316. The summed E-state index contributed by atoms with van der Waals surface area (Å²) in [6.07, 6.45) is 3.51. The van der Waals surface area contributed by atoms with Gasteiger partial charge in [0.15, 0.2) is 0 Å². The molecule has 0 radical (unpaired) electrons. The normalized spacial score (nSPS) is 21.2. The molecule has 19 heavy (non-hydrogen) atoms. The number of benzene rings is 1. The molecular formula is C16H26N2O. The summed E-state index contributed by atoms with van der Waals surface area (Å²) in [6, 6.07) is 8.44. The van der Waals surface area contributed by atoms with Crippen LogP contribution < -0.4 is 5.73 Å². The van der Waals surface area contributed by atoms with E-state index in [2.05, 4.69) is 18.7 Å². The number of phenolic OH excluding ortho intramolecular Hbond substituents is 1. The highest BCUT2D eigenvalue weighted by Gasteiger charge is 2.26. The second-order valence-corrected chi connectivity index (χ2v) is 5.75. The molecule has 1 heterocycles. The summed E-state index contributed by atoms with van der Waals surface area (Å²) in [5.41, 5.74) is 7.31. The predicted molar refractivity (Wildman–Crippen MR) is 79.1 cm³/mol. The van der Waals surface area contributed by atoms with Crippen LogP contribution in [-0.4, -0.2) is 29.1 Å². The van der Waals surface area contributed by atoms with Gasteiger partial charge in [0.1, 0.15) is 5.75 Å². The third-order valence-electron chi connectivity index (χ3n) is 4.42. The number of piperidine rings is 1. The van der Waals surface area contributed by atoms with Crippen molar-refractivity contribution in [2.75, 3.05) is 13.1 Å². The third kappa shape index (κ3) is 3.48. The van der Waals surface area contributed by atoms with Crippen LogP contribution in [0.1, 0.15) is 44.7 Å². The number of aromatic hydroxyl groups is 1. The molecule has 3 nitrogen and oxygen atoms in total. The first-order valence-electron chi connectivity index (χ1n) is 7.40. The molecule has 3 N–H and O–H groups in total. The first kappa shape index (κ1) is 14.4. The fourth-order valence-corrected chi connectivity index (χ4v) is 3.16. The molecule has 0 aliphatic carbocycles. The van der Waals surface area contributed by atoms with Crippen molar-refractivity contribution in [2.45, 2.75) is 45.2 Å². The molecule has 1 saturated heterocycles. The maximum absolute atomic E-state index is 9.39. The molecule has 0 saturated carbocycles. The van der Waals surface area contributed by atoms with Gasteiger partial charge in [-0.1, -0.05) is 19.1 Å². The summed E-state index contributed by atoms with van der Waals surface area (Å²) in [5.74, 6) is 1.02. The average Bonchev–Trinajstić information content (AvgIpc) is 2.42. The predicted octanol–water partition coefficient (Wildman–Crippen LogP) is 2.90. The Hall–Kier alpha value is -1.06. The number of hydrogen-bond acceptors (Lipinski definition) is 3. The highest BCUT2D eigenvalue weighted by atomic mass is 16.3. The van der Waals surface area contributed by atoms with Gasteiger partial charge in [-0.15, -0.1) is 0 Å². The van der Waals surface area contributed by atoms with Crippen molar-refractivity contribution in [3.05, 3.63) is 29.8 Å². The summed E-state index contributed by atoms with van der Waals surface area (Å²) >= 11 is 0. The van der Waals surface area contributed by atoms with Crippen molar-refractivity contribution >= 4 is 0 Å². The van der Waals surface area contributed by atoms with Crippen LogP contribution in [-0.2, 0) is 0 Å². The molecule has 2 unspecified atom stereocenters. The zero-order valence-electron chi connectivity index (χ0n) is 12.0. The minimum absolute atomic E-state index is 0.316. The molecule has 0 aromatic heterocycles. The Kier molecular flexibility index (Phi) is 4.83. The number of nitrogens with two attached hydrogens (primary N) is 1. The Bertz CT molecular complexity index is 380. The maximum atomic E-state index is 9.39. The second-order valence-electron chi connectivity index (χ2n) is 5.75. The maximum Gasteiger partial charge on any atom is 0.115 e. The topological polar surface area (TPSA) is 49.5 Å². The van der Waals surface area contributed by atoms with Gasteiger partial charge in [0.25, 0.3) is 0 Å². The average molecular weight is 262 g/mol. The van der Waals surface area contributed by atoms with Gasteiger partial charge in [-0.25, -0.2) is 0 Å². The number of hydrogen-bond donors (Lipinski definition) is 2. The molecule has 2 rings (SSSR count). The summed E-state index contributed by atoms with van der Waals surface area (Å²) in [4.78, 5) is 2.56. The number of likely N-dealkylation sites (tertiary alicyclic amines) is 1. The minimum Gasteiger partial charge on any atom is -0.508 e. The van der Waals surface area contributed by atoms with Gasteiger partial charge in [-0.2, -0.15) is 0 Å². The van der Waals surface area contributed by atoms with Crippen LogP contribution in [0.5, 0.6) is 5.75 Å². The second kappa shape index (κ2) is 6.40. The molecule has 1 aromatic carbocycles. The highest BCUT2D eigenvalue weighted by molar-refractivity contribution is 5.28. The molecule has 2 atom stereocenters. The smallest absolute Gasteiger partial charge is 0.115 e. The molecule has 0 amide bonds. The summed E-state index contributed by atoms with van der Waals surface area (Å²) in [5, 5.41) is 9.39. The van der Waals surface area contributed by atoms with E-state index in [1.54, 1.807) is 12.1 Å². The van der Waals surface area contributed by atoms with Crippen LogP contribution >= 0.6 is 0 Å². The number of rotatable bonds is 4. The van der Waals surface area contributed by atoms with Crippen LogP contribution in [0.2, 0.25) is 0 Å². The third-order valence-corrected chi connectivity index (χ3v) is 4.42. The first-order valence-corrected chi connectivity index (χ1v) is 7.40. The van der Waals surface area contributed by atoms with Gasteiger partial charge in [-0.3, -0.25) is 4.90 Å². The summed E-state index contributed by atoms with van der Waals surface area (Å²) in [6.45, 7) is 6.62. The molecule has 1 aliphatic heterocycles. The zero-order valence-corrected chi connectivity index (χ0v) is 12.0. The SMILES string of the molecule is CCC(c1ccc(O)cc1)N1CCC(C(C)N)CC1. The number of nitrogens with zero attached hydrogens (tertiary/aromatic N) is 1. The van der Waals surface area contributed by atoms with Crippen molar-refractivity contribution in [3.63, 3.8) is 0 Å². The lowest BCUT2D eigenvalue weighted by Crippen LogP contribution is -2.41.